The van der Waals surface area contributed by atoms with Gasteiger partial charge in [0, 0.05) is 11.8 Å². The van der Waals surface area contributed by atoms with Gasteiger partial charge in [0.1, 0.15) is 0 Å². The summed E-state index contributed by atoms with van der Waals surface area (Å²) in [6, 6.07) is 4.03. The van der Waals surface area contributed by atoms with Gasteiger partial charge in [-0.05, 0) is 24.5 Å². The summed E-state index contributed by atoms with van der Waals surface area (Å²) in [5, 5.41) is 0. The molecule has 1 aromatic rings. The van der Waals surface area contributed by atoms with Gasteiger partial charge in [0.05, 0.1) is 7.11 Å². The molecule has 0 aliphatic rings. The molecule has 1 heterocycles. The molecule has 0 aliphatic carbocycles. The van der Waals surface area contributed by atoms with Gasteiger partial charge in [-0.15, -0.1) is 0 Å². The molecule has 0 spiro atoms. The molecule has 0 N–H and O–H groups in total. The second kappa shape index (κ2) is 3.57. The third-order valence-corrected chi connectivity index (χ3v) is 1.77. The Labute approximate surface area is 73.6 Å². The lowest BCUT2D eigenvalue weighted by Crippen LogP contribution is -1.96. The summed E-state index contributed by atoms with van der Waals surface area (Å²) in [5.41, 5.74) is 2.29. The smallest absolute Gasteiger partial charge is 0.213 e. The van der Waals surface area contributed by atoms with E-state index >= 15 is 0 Å². The molecule has 0 unspecified atom stereocenters. The first-order valence-electron chi connectivity index (χ1n) is 4.16. The van der Waals surface area contributed by atoms with Crippen LogP contribution in [0.2, 0.25) is 0 Å². The molecule has 12 heavy (non-hydrogen) atoms. The number of hydrogen-bond donors (Lipinski definition) is 0. The summed E-state index contributed by atoms with van der Waals surface area (Å²) < 4.78 is 5.07. The Balaban J connectivity index is 3.06. The van der Waals surface area contributed by atoms with E-state index in [1.54, 1.807) is 7.11 Å². The summed E-state index contributed by atoms with van der Waals surface area (Å²) in [6.07, 6.45) is 0. The Hall–Kier alpha value is -1.05. The summed E-state index contributed by atoms with van der Waals surface area (Å²) in [4.78, 5) is 4.33. The Morgan fingerprint density at radius 1 is 1.33 bits per heavy atom. The van der Waals surface area contributed by atoms with Crippen LogP contribution >= 0.6 is 0 Å². The van der Waals surface area contributed by atoms with Crippen molar-refractivity contribution in [3.05, 3.63) is 23.4 Å². The minimum atomic E-state index is 0.457. The zero-order chi connectivity index (χ0) is 9.14. The van der Waals surface area contributed by atoms with Crippen LogP contribution in [0.4, 0.5) is 0 Å². The van der Waals surface area contributed by atoms with Crippen molar-refractivity contribution in [3.63, 3.8) is 0 Å². The molecule has 0 radical (unpaired) electrons. The number of methoxy groups -OCH3 is 1. The van der Waals surface area contributed by atoms with Gasteiger partial charge in [0.15, 0.2) is 0 Å². The average molecular weight is 165 g/mol. The lowest BCUT2D eigenvalue weighted by atomic mass is 10.1. The predicted octanol–water partition coefficient (Wildman–Crippen LogP) is 2.52. The van der Waals surface area contributed by atoms with Gasteiger partial charge >= 0.3 is 0 Å². The Kier molecular flexibility index (Phi) is 2.69. The van der Waals surface area contributed by atoms with E-state index in [-0.39, 0.29) is 0 Å². The van der Waals surface area contributed by atoms with Gasteiger partial charge in [-0.1, -0.05) is 13.8 Å². The zero-order valence-electron chi connectivity index (χ0n) is 8.09. The molecule has 1 aromatic heterocycles. The second-order valence-corrected chi connectivity index (χ2v) is 3.27. The van der Waals surface area contributed by atoms with Crippen molar-refractivity contribution in [2.24, 2.45) is 0 Å². The third-order valence-electron chi connectivity index (χ3n) is 1.77. The van der Waals surface area contributed by atoms with Crippen LogP contribution in [0.5, 0.6) is 5.88 Å². The fraction of sp³-hybridized carbons (Fsp3) is 0.500. The number of aryl methyl sites for hydroxylation is 1. The van der Waals surface area contributed by atoms with Gasteiger partial charge in [-0.2, -0.15) is 0 Å². The highest BCUT2D eigenvalue weighted by Crippen LogP contribution is 2.17. The maximum atomic E-state index is 5.07. The molecule has 66 valence electrons. The molecule has 0 amide bonds. The van der Waals surface area contributed by atoms with Crippen molar-refractivity contribution in [2.45, 2.75) is 26.7 Å². The standard InChI is InChI=1S/C10H15NO/c1-7(2)9-5-8(3)6-10(11-9)12-4/h5-7H,1-4H3. The molecule has 0 aromatic carbocycles. The minimum absolute atomic E-state index is 0.457. The van der Waals surface area contributed by atoms with Crippen LogP contribution in [0, 0.1) is 6.92 Å². The van der Waals surface area contributed by atoms with E-state index in [0.29, 0.717) is 11.8 Å². The van der Waals surface area contributed by atoms with Crippen molar-refractivity contribution in [2.75, 3.05) is 7.11 Å². The van der Waals surface area contributed by atoms with E-state index in [0.717, 1.165) is 5.69 Å². The number of ether oxygens (including phenoxy) is 1. The number of pyridine rings is 1. The predicted molar refractivity (Wildman–Crippen MR) is 49.6 cm³/mol. The summed E-state index contributed by atoms with van der Waals surface area (Å²) in [7, 11) is 1.64. The molecule has 0 aliphatic heterocycles. The monoisotopic (exact) mass is 165 g/mol. The van der Waals surface area contributed by atoms with E-state index in [1.165, 1.54) is 5.56 Å². The first-order chi connectivity index (χ1) is 5.63. The van der Waals surface area contributed by atoms with Crippen LogP contribution in [0.15, 0.2) is 12.1 Å². The number of aromatic nitrogens is 1. The maximum Gasteiger partial charge on any atom is 0.213 e. The Morgan fingerprint density at radius 2 is 2.00 bits per heavy atom. The van der Waals surface area contributed by atoms with E-state index < -0.39 is 0 Å². The van der Waals surface area contributed by atoms with Gasteiger partial charge in [-0.25, -0.2) is 4.98 Å². The van der Waals surface area contributed by atoms with Crippen molar-refractivity contribution < 1.29 is 4.74 Å². The summed E-state index contributed by atoms with van der Waals surface area (Å²) in [5.74, 6) is 1.16. The number of hydrogen-bond acceptors (Lipinski definition) is 2. The van der Waals surface area contributed by atoms with E-state index in [9.17, 15) is 0 Å². The fourth-order valence-corrected chi connectivity index (χ4v) is 1.06. The average Bonchev–Trinajstić information content (AvgIpc) is 2.03. The number of nitrogens with zero attached hydrogens (tertiary/aromatic N) is 1. The molecular weight excluding hydrogens is 150 g/mol. The van der Waals surface area contributed by atoms with Crippen LogP contribution in [-0.2, 0) is 0 Å². The molecule has 0 bridgehead atoms. The van der Waals surface area contributed by atoms with Crippen molar-refractivity contribution in [3.8, 4) is 5.88 Å². The van der Waals surface area contributed by atoms with Gasteiger partial charge in [-0.3, -0.25) is 0 Å². The van der Waals surface area contributed by atoms with Crippen LogP contribution < -0.4 is 4.74 Å². The highest BCUT2D eigenvalue weighted by Gasteiger charge is 2.03. The van der Waals surface area contributed by atoms with Gasteiger partial charge in [0.2, 0.25) is 5.88 Å². The molecule has 0 saturated heterocycles. The lowest BCUT2D eigenvalue weighted by molar-refractivity contribution is 0.395. The quantitative estimate of drug-likeness (QED) is 0.671. The second-order valence-electron chi connectivity index (χ2n) is 3.27. The SMILES string of the molecule is COc1cc(C)cc(C(C)C)n1. The van der Waals surface area contributed by atoms with Crippen LogP contribution in [0.3, 0.4) is 0 Å². The molecule has 0 atom stereocenters. The summed E-state index contributed by atoms with van der Waals surface area (Å²) >= 11 is 0. The molecule has 0 fully saturated rings. The van der Waals surface area contributed by atoms with Gasteiger partial charge < -0.3 is 4.74 Å². The first-order valence-corrected chi connectivity index (χ1v) is 4.16. The van der Waals surface area contributed by atoms with Crippen molar-refractivity contribution >= 4 is 0 Å². The van der Waals surface area contributed by atoms with Crippen molar-refractivity contribution in [1.29, 1.82) is 0 Å². The fourth-order valence-electron chi connectivity index (χ4n) is 1.06. The van der Waals surface area contributed by atoms with Gasteiger partial charge in [0.25, 0.3) is 0 Å². The molecule has 1 rings (SSSR count). The first kappa shape index (κ1) is 9.04. The highest BCUT2D eigenvalue weighted by molar-refractivity contribution is 5.25. The molecular formula is C10H15NO. The van der Waals surface area contributed by atoms with Crippen LogP contribution in [-0.4, -0.2) is 12.1 Å². The maximum absolute atomic E-state index is 5.07. The van der Waals surface area contributed by atoms with E-state index in [4.69, 9.17) is 4.74 Å². The zero-order valence-corrected chi connectivity index (χ0v) is 8.09. The van der Waals surface area contributed by atoms with Crippen LogP contribution in [0.25, 0.3) is 0 Å². The molecule has 0 saturated carbocycles. The Morgan fingerprint density at radius 3 is 2.50 bits per heavy atom. The number of rotatable bonds is 2. The van der Waals surface area contributed by atoms with E-state index in [2.05, 4.69) is 31.8 Å². The third kappa shape index (κ3) is 1.97. The topological polar surface area (TPSA) is 22.1 Å². The van der Waals surface area contributed by atoms with Crippen LogP contribution in [0.1, 0.15) is 31.0 Å². The largest absolute Gasteiger partial charge is 0.481 e. The van der Waals surface area contributed by atoms with E-state index in [1.807, 2.05) is 6.07 Å². The van der Waals surface area contributed by atoms with Crippen molar-refractivity contribution in [1.82, 2.24) is 4.98 Å². The minimum Gasteiger partial charge on any atom is -0.481 e. The Bertz CT molecular complexity index is 269. The molecule has 2 heteroatoms. The molecule has 2 nitrogen and oxygen atoms in total. The normalized spacial score (nSPS) is 10.4. The summed E-state index contributed by atoms with van der Waals surface area (Å²) in [6.45, 7) is 6.30. The lowest BCUT2D eigenvalue weighted by Gasteiger charge is -2.07. The highest BCUT2D eigenvalue weighted by atomic mass is 16.5.